The van der Waals surface area contributed by atoms with E-state index in [1.165, 1.54) is 0 Å². The molecule has 0 amide bonds. The Balaban J connectivity index is 2.22. The highest BCUT2D eigenvalue weighted by molar-refractivity contribution is 5.88. The van der Waals surface area contributed by atoms with Gasteiger partial charge in [-0.15, -0.1) is 0 Å². The average molecular weight is 315 g/mol. The maximum absolute atomic E-state index is 11.8. The second kappa shape index (κ2) is 7.58. The standard InChI is InChI=1S/C17H21N3O3/c1-4-22-16(21)15-9-14(19-17(18)20-15)12-5-7-13(8-6-12)23-10-11(2)3/h5-9,11H,4,10H2,1-3H3,(H2,18,19,20). The molecule has 0 aliphatic heterocycles. The van der Waals surface area contributed by atoms with E-state index in [-0.39, 0.29) is 18.2 Å². The van der Waals surface area contributed by atoms with Crippen LogP contribution >= 0.6 is 0 Å². The molecule has 23 heavy (non-hydrogen) atoms. The van der Waals surface area contributed by atoms with Gasteiger partial charge in [0.15, 0.2) is 5.69 Å². The molecule has 0 fully saturated rings. The minimum Gasteiger partial charge on any atom is -0.493 e. The van der Waals surface area contributed by atoms with Crippen LogP contribution in [-0.2, 0) is 4.74 Å². The summed E-state index contributed by atoms with van der Waals surface area (Å²) in [5.74, 6) is 0.768. The Kier molecular flexibility index (Phi) is 5.51. The van der Waals surface area contributed by atoms with E-state index < -0.39 is 5.97 Å². The van der Waals surface area contributed by atoms with Gasteiger partial charge in [-0.3, -0.25) is 0 Å². The lowest BCUT2D eigenvalue weighted by Crippen LogP contribution is -2.10. The maximum Gasteiger partial charge on any atom is 0.357 e. The first kappa shape index (κ1) is 16.7. The third-order valence-corrected chi connectivity index (χ3v) is 2.96. The fourth-order valence-electron chi connectivity index (χ4n) is 1.91. The van der Waals surface area contributed by atoms with Crippen LogP contribution in [0.2, 0.25) is 0 Å². The summed E-state index contributed by atoms with van der Waals surface area (Å²) in [4.78, 5) is 19.9. The molecular weight excluding hydrogens is 294 g/mol. The number of nitrogen functional groups attached to an aromatic ring is 1. The fraction of sp³-hybridized carbons (Fsp3) is 0.353. The summed E-state index contributed by atoms with van der Waals surface area (Å²) in [6.07, 6.45) is 0. The van der Waals surface area contributed by atoms with E-state index in [4.69, 9.17) is 15.2 Å². The molecule has 2 aromatic rings. The highest BCUT2D eigenvalue weighted by Gasteiger charge is 2.12. The molecule has 1 aromatic heterocycles. The molecule has 122 valence electrons. The topological polar surface area (TPSA) is 87.3 Å². The largest absolute Gasteiger partial charge is 0.493 e. The van der Waals surface area contributed by atoms with Crippen LogP contribution in [0.15, 0.2) is 30.3 Å². The van der Waals surface area contributed by atoms with Gasteiger partial charge in [0.05, 0.1) is 18.9 Å². The van der Waals surface area contributed by atoms with Gasteiger partial charge in [-0.25, -0.2) is 14.8 Å². The third kappa shape index (κ3) is 4.67. The van der Waals surface area contributed by atoms with Crippen molar-refractivity contribution in [2.24, 2.45) is 5.92 Å². The van der Waals surface area contributed by atoms with Crippen molar-refractivity contribution in [1.82, 2.24) is 9.97 Å². The molecule has 2 N–H and O–H groups in total. The van der Waals surface area contributed by atoms with Crippen molar-refractivity contribution in [3.63, 3.8) is 0 Å². The van der Waals surface area contributed by atoms with Gasteiger partial charge in [0, 0.05) is 5.56 Å². The van der Waals surface area contributed by atoms with Crippen molar-refractivity contribution in [3.8, 4) is 17.0 Å². The lowest BCUT2D eigenvalue weighted by Gasteiger charge is -2.09. The number of carbonyl (C=O) groups excluding carboxylic acids is 1. The van der Waals surface area contributed by atoms with Crippen molar-refractivity contribution >= 4 is 11.9 Å². The molecule has 1 aromatic carbocycles. The molecule has 0 aliphatic carbocycles. The van der Waals surface area contributed by atoms with Crippen molar-refractivity contribution in [2.75, 3.05) is 18.9 Å². The Morgan fingerprint density at radius 3 is 2.52 bits per heavy atom. The van der Waals surface area contributed by atoms with Crippen LogP contribution in [0.25, 0.3) is 11.3 Å². The number of hydrogen-bond donors (Lipinski definition) is 1. The number of aromatic nitrogens is 2. The summed E-state index contributed by atoms with van der Waals surface area (Å²) in [6.45, 7) is 6.86. The van der Waals surface area contributed by atoms with Crippen molar-refractivity contribution < 1.29 is 14.3 Å². The molecule has 0 bridgehead atoms. The fourth-order valence-corrected chi connectivity index (χ4v) is 1.91. The van der Waals surface area contributed by atoms with E-state index in [1.807, 2.05) is 24.3 Å². The van der Waals surface area contributed by atoms with Gasteiger partial charge in [-0.1, -0.05) is 13.8 Å². The SMILES string of the molecule is CCOC(=O)c1cc(-c2ccc(OCC(C)C)cc2)nc(N)n1. The van der Waals surface area contributed by atoms with Crippen LogP contribution in [0, 0.1) is 5.92 Å². The second-order valence-electron chi connectivity index (χ2n) is 5.45. The van der Waals surface area contributed by atoms with Crippen LogP contribution in [0.4, 0.5) is 5.95 Å². The van der Waals surface area contributed by atoms with Gasteiger partial charge in [0.25, 0.3) is 0 Å². The van der Waals surface area contributed by atoms with Gasteiger partial charge in [-0.05, 0) is 43.2 Å². The number of ether oxygens (including phenoxy) is 2. The van der Waals surface area contributed by atoms with E-state index in [9.17, 15) is 4.79 Å². The van der Waals surface area contributed by atoms with E-state index in [1.54, 1.807) is 13.0 Å². The first-order chi connectivity index (χ1) is 11.0. The Labute approximate surface area is 135 Å². The quantitative estimate of drug-likeness (QED) is 0.825. The zero-order chi connectivity index (χ0) is 16.8. The lowest BCUT2D eigenvalue weighted by atomic mass is 10.1. The molecule has 0 saturated carbocycles. The Morgan fingerprint density at radius 2 is 1.91 bits per heavy atom. The summed E-state index contributed by atoms with van der Waals surface area (Å²) in [5, 5.41) is 0. The van der Waals surface area contributed by atoms with Gasteiger partial charge in [-0.2, -0.15) is 0 Å². The summed E-state index contributed by atoms with van der Waals surface area (Å²) < 4.78 is 10.6. The van der Waals surface area contributed by atoms with Gasteiger partial charge < -0.3 is 15.2 Å². The zero-order valence-electron chi connectivity index (χ0n) is 13.6. The third-order valence-electron chi connectivity index (χ3n) is 2.96. The minimum atomic E-state index is -0.514. The number of nitrogens with zero attached hydrogens (tertiary/aromatic N) is 2. The van der Waals surface area contributed by atoms with E-state index in [0.717, 1.165) is 11.3 Å². The van der Waals surface area contributed by atoms with E-state index in [2.05, 4.69) is 23.8 Å². The Hall–Kier alpha value is -2.63. The van der Waals surface area contributed by atoms with Crippen LogP contribution in [0.5, 0.6) is 5.75 Å². The Morgan fingerprint density at radius 1 is 1.22 bits per heavy atom. The molecule has 0 spiro atoms. The number of hydrogen-bond acceptors (Lipinski definition) is 6. The molecule has 6 heteroatoms. The van der Waals surface area contributed by atoms with Crippen LogP contribution in [0.3, 0.4) is 0 Å². The molecule has 2 rings (SSSR count). The normalized spacial score (nSPS) is 10.6. The zero-order valence-corrected chi connectivity index (χ0v) is 13.6. The summed E-state index contributed by atoms with van der Waals surface area (Å²) in [6, 6.07) is 9.02. The number of anilines is 1. The number of esters is 1. The molecule has 0 radical (unpaired) electrons. The molecule has 0 saturated heterocycles. The summed E-state index contributed by atoms with van der Waals surface area (Å²) in [7, 11) is 0. The molecule has 1 heterocycles. The number of rotatable bonds is 6. The highest BCUT2D eigenvalue weighted by atomic mass is 16.5. The van der Waals surface area contributed by atoms with Crippen molar-refractivity contribution in [3.05, 3.63) is 36.0 Å². The Bertz CT molecular complexity index is 669. The van der Waals surface area contributed by atoms with E-state index >= 15 is 0 Å². The van der Waals surface area contributed by atoms with E-state index in [0.29, 0.717) is 18.2 Å². The molecule has 0 atom stereocenters. The number of benzene rings is 1. The monoisotopic (exact) mass is 315 g/mol. The molecular formula is C17H21N3O3. The van der Waals surface area contributed by atoms with Crippen LogP contribution in [-0.4, -0.2) is 29.2 Å². The maximum atomic E-state index is 11.8. The molecule has 0 aliphatic rings. The number of nitrogens with two attached hydrogens (primary N) is 1. The van der Waals surface area contributed by atoms with Gasteiger partial charge in [0.1, 0.15) is 5.75 Å². The minimum absolute atomic E-state index is 0.0330. The predicted molar refractivity (Wildman–Crippen MR) is 88.2 cm³/mol. The smallest absolute Gasteiger partial charge is 0.357 e. The summed E-state index contributed by atoms with van der Waals surface area (Å²) >= 11 is 0. The lowest BCUT2D eigenvalue weighted by molar-refractivity contribution is 0.0519. The predicted octanol–water partition coefficient (Wildman–Crippen LogP) is 2.94. The average Bonchev–Trinajstić information content (AvgIpc) is 2.53. The van der Waals surface area contributed by atoms with Crippen molar-refractivity contribution in [1.29, 1.82) is 0 Å². The first-order valence-corrected chi connectivity index (χ1v) is 7.54. The second-order valence-corrected chi connectivity index (χ2v) is 5.45. The number of carbonyl (C=O) groups is 1. The molecule has 6 nitrogen and oxygen atoms in total. The van der Waals surface area contributed by atoms with Crippen LogP contribution in [0.1, 0.15) is 31.3 Å². The van der Waals surface area contributed by atoms with Gasteiger partial charge >= 0.3 is 5.97 Å². The molecule has 0 unspecified atom stereocenters. The first-order valence-electron chi connectivity index (χ1n) is 7.54. The van der Waals surface area contributed by atoms with Gasteiger partial charge in [0.2, 0.25) is 5.95 Å². The van der Waals surface area contributed by atoms with Crippen molar-refractivity contribution in [2.45, 2.75) is 20.8 Å². The summed E-state index contributed by atoms with van der Waals surface area (Å²) in [5.41, 5.74) is 7.22. The van der Waals surface area contributed by atoms with Crippen LogP contribution < -0.4 is 10.5 Å². The highest BCUT2D eigenvalue weighted by Crippen LogP contribution is 2.22.